The van der Waals surface area contributed by atoms with E-state index in [2.05, 4.69) is 34.5 Å². The van der Waals surface area contributed by atoms with E-state index in [4.69, 9.17) is 9.47 Å². The molecule has 0 fully saturated rings. The summed E-state index contributed by atoms with van der Waals surface area (Å²) in [5.74, 6) is 0.731. The van der Waals surface area contributed by atoms with E-state index in [1.807, 2.05) is 0 Å². The Bertz CT molecular complexity index is 436. The minimum absolute atomic E-state index is 0.179. The van der Waals surface area contributed by atoms with Gasteiger partial charge in [0.25, 0.3) is 0 Å². The van der Waals surface area contributed by atoms with Crippen LogP contribution in [0.25, 0.3) is 0 Å². The third-order valence-electron chi connectivity index (χ3n) is 2.46. The van der Waals surface area contributed by atoms with Crippen LogP contribution in [0.4, 0.5) is 13.2 Å². The van der Waals surface area contributed by atoms with Crippen LogP contribution in [0.15, 0.2) is 22.7 Å². The van der Waals surface area contributed by atoms with Crippen LogP contribution < -0.4 is 9.47 Å². The monoisotopic (exact) mass is 370 g/mol. The predicted molar refractivity (Wildman–Crippen MR) is 76.6 cm³/mol. The Kier molecular flexibility index (Phi) is 7.31. The molecule has 3 nitrogen and oxygen atoms in total. The molecule has 1 aromatic rings. The lowest BCUT2D eigenvalue weighted by molar-refractivity contribution is -0.274. The van der Waals surface area contributed by atoms with E-state index < -0.39 is 6.36 Å². The highest BCUT2D eigenvalue weighted by atomic mass is 79.9. The molecule has 0 radical (unpaired) electrons. The van der Waals surface area contributed by atoms with Crippen molar-refractivity contribution in [3.8, 4) is 11.5 Å². The topological polar surface area (TPSA) is 27.7 Å². The summed E-state index contributed by atoms with van der Waals surface area (Å²) in [4.78, 5) is 0. The molecule has 0 bridgehead atoms. The number of benzene rings is 1. The van der Waals surface area contributed by atoms with Crippen molar-refractivity contribution >= 4 is 15.9 Å². The largest absolute Gasteiger partial charge is 0.573 e. The number of hydrogen-bond donors (Lipinski definition) is 0. The molecule has 0 saturated heterocycles. The molecule has 0 spiro atoms. The van der Waals surface area contributed by atoms with Crippen LogP contribution in [-0.4, -0.2) is 26.2 Å². The molecule has 21 heavy (non-hydrogen) atoms. The predicted octanol–water partition coefficient (Wildman–Crippen LogP) is 4.79. The fourth-order valence-electron chi connectivity index (χ4n) is 1.42. The maximum Gasteiger partial charge on any atom is 0.573 e. The maximum absolute atomic E-state index is 12.1. The lowest BCUT2D eigenvalue weighted by Crippen LogP contribution is -2.17. The first-order valence-corrected chi connectivity index (χ1v) is 7.33. The van der Waals surface area contributed by atoms with Crippen molar-refractivity contribution in [1.29, 1.82) is 0 Å². The number of rotatable bonds is 8. The smallest absolute Gasteiger partial charge is 0.491 e. The van der Waals surface area contributed by atoms with Crippen LogP contribution in [-0.2, 0) is 4.74 Å². The average Bonchev–Trinajstić information content (AvgIpc) is 2.35. The van der Waals surface area contributed by atoms with Crippen molar-refractivity contribution in [3.63, 3.8) is 0 Å². The molecule has 0 N–H and O–H groups in total. The highest BCUT2D eigenvalue weighted by Crippen LogP contribution is 2.33. The Morgan fingerprint density at radius 2 is 1.86 bits per heavy atom. The zero-order valence-corrected chi connectivity index (χ0v) is 13.5. The SMILES string of the molecule is CC(C)CCOCCOc1ccc(OC(F)(F)F)c(Br)c1. The average molecular weight is 371 g/mol. The molecule has 0 aliphatic rings. The first kappa shape index (κ1) is 18.1. The first-order valence-electron chi connectivity index (χ1n) is 6.54. The summed E-state index contributed by atoms with van der Waals surface area (Å²) in [6.45, 7) is 5.67. The summed E-state index contributed by atoms with van der Waals surface area (Å²) in [6, 6.07) is 4.04. The van der Waals surface area contributed by atoms with Crippen molar-refractivity contribution in [2.24, 2.45) is 5.92 Å². The van der Waals surface area contributed by atoms with Gasteiger partial charge < -0.3 is 14.2 Å². The molecular formula is C14H18BrF3O3. The van der Waals surface area contributed by atoms with E-state index in [1.54, 1.807) is 0 Å². The van der Waals surface area contributed by atoms with Gasteiger partial charge in [0, 0.05) is 6.61 Å². The summed E-state index contributed by atoms with van der Waals surface area (Å²) in [5, 5.41) is 0. The molecule has 0 unspecified atom stereocenters. The second-order valence-corrected chi connectivity index (χ2v) is 5.64. The fraction of sp³-hybridized carbons (Fsp3) is 0.571. The normalized spacial score (nSPS) is 11.8. The van der Waals surface area contributed by atoms with E-state index in [9.17, 15) is 13.2 Å². The van der Waals surface area contributed by atoms with Crippen molar-refractivity contribution in [1.82, 2.24) is 0 Å². The number of hydrogen-bond acceptors (Lipinski definition) is 3. The quantitative estimate of drug-likeness (QED) is 0.615. The van der Waals surface area contributed by atoms with Crippen LogP contribution in [0.1, 0.15) is 20.3 Å². The van der Waals surface area contributed by atoms with Crippen molar-refractivity contribution in [2.75, 3.05) is 19.8 Å². The zero-order chi connectivity index (χ0) is 15.9. The molecule has 0 aliphatic carbocycles. The highest BCUT2D eigenvalue weighted by Gasteiger charge is 2.31. The van der Waals surface area contributed by atoms with Gasteiger partial charge in [0.1, 0.15) is 18.1 Å². The number of alkyl halides is 3. The summed E-state index contributed by atoms with van der Waals surface area (Å²) in [7, 11) is 0. The Balaban J connectivity index is 2.35. The summed E-state index contributed by atoms with van der Waals surface area (Å²) < 4.78 is 51.1. The molecule has 0 saturated carbocycles. The van der Waals surface area contributed by atoms with Gasteiger partial charge in [-0.3, -0.25) is 0 Å². The molecule has 0 amide bonds. The summed E-state index contributed by atoms with van der Waals surface area (Å²) in [6.07, 6.45) is -3.73. The maximum atomic E-state index is 12.1. The van der Waals surface area contributed by atoms with Crippen LogP contribution in [0.5, 0.6) is 11.5 Å². The van der Waals surface area contributed by atoms with Gasteiger partial charge in [0.15, 0.2) is 0 Å². The van der Waals surface area contributed by atoms with Gasteiger partial charge in [-0.1, -0.05) is 13.8 Å². The van der Waals surface area contributed by atoms with Gasteiger partial charge >= 0.3 is 6.36 Å². The molecule has 0 atom stereocenters. The van der Waals surface area contributed by atoms with Crippen molar-refractivity contribution in [2.45, 2.75) is 26.6 Å². The van der Waals surface area contributed by atoms with E-state index in [1.165, 1.54) is 18.2 Å². The van der Waals surface area contributed by atoms with Gasteiger partial charge in [-0.2, -0.15) is 0 Å². The highest BCUT2D eigenvalue weighted by molar-refractivity contribution is 9.10. The van der Waals surface area contributed by atoms with Crippen molar-refractivity contribution < 1.29 is 27.4 Å². The fourth-order valence-corrected chi connectivity index (χ4v) is 1.86. The Morgan fingerprint density at radius 3 is 2.43 bits per heavy atom. The third-order valence-corrected chi connectivity index (χ3v) is 3.08. The molecule has 7 heteroatoms. The van der Waals surface area contributed by atoms with Gasteiger partial charge in [-0.25, -0.2) is 0 Å². The van der Waals surface area contributed by atoms with Crippen LogP contribution in [0.2, 0.25) is 0 Å². The second kappa shape index (κ2) is 8.48. The number of ether oxygens (including phenoxy) is 3. The minimum atomic E-state index is -4.71. The van der Waals surface area contributed by atoms with Crippen LogP contribution >= 0.6 is 15.9 Å². The van der Waals surface area contributed by atoms with Gasteiger partial charge in [0.2, 0.25) is 0 Å². The Hall–Kier alpha value is -0.950. The molecule has 0 aromatic heterocycles. The molecule has 120 valence electrons. The molecule has 1 aromatic carbocycles. The first-order chi connectivity index (χ1) is 9.78. The van der Waals surface area contributed by atoms with E-state index in [-0.39, 0.29) is 10.2 Å². The summed E-state index contributed by atoms with van der Waals surface area (Å²) in [5.41, 5.74) is 0. The van der Waals surface area contributed by atoms with Gasteiger partial charge in [0.05, 0.1) is 11.1 Å². The van der Waals surface area contributed by atoms with Gasteiger partial charge in [-0.15, -0.1) is 13.2 Å². The summed E-state index contributed by atoms with van der Waals surface area (Å²) >= 11 is 3.01. The molecule has 0 aliphatic heterocycles. The molecular weight excluding hydrogens is 353 g/mol. The van der Waals surface area contributed by atoms with Crippen LogP contribution in [0, 0.1) is 5.92 Å². The lowest BCUT2D eigenvalue weighted by atomic mass is 10.1. The lowest BCUT2D eigenvalue weighted by Gasteiger charge is -2.12. The zero-order valence-electron chi connectivity index (χ0n) is 11.9. The van der Waals surface area contributed by atoms with Gasteiger partial charge in [-0.05, 0) is 46.5 Å². The van der Waals surface area contributed by atoms with Crippen molar-refractivity contribution in [3.05, 3.63) is 22.7 Å². The second-order valence-electron chi connectivity index (χ2n) is 4.78. The Labute approximate surface area is 130 Å². The van der Waals surface area contributed by atoms with E-state index >= 15 is 0 Å². The Morgan fingerprint density at radius 1 is 1.14 bits per heavy atom. The standard InChI is InChI=1S/C14H18BrF3O3/c1-10(2)5-6-19-7-8-20-11-3-4-13(12(15)9-11)21-14(16,17)18/h3-4,9-10H,5-8H2,1-2H3. The van der Waals surface area contributed by atoms with E-state index in [0.717, 1.165) is 6.42 Å². The molecule has 1 rings (SSSR count). The minimum Gasteiger partial charge on any atom is -0.491 e. The molecule has 0 heterocycles. The van der Waals surface area contributed by atoms with Crippen LogP contribution in [0.3, 0.4) is 0 Å². The van der Waals surface area contributed by atoms with E-state index in [0.29, 0.717) is 31.5 Å². The third kappa shape index (κ3) is 8.16. The number of halogens is 4.